The first-order valence-electron chi connectivity index (χ1n) is 8.57. The molecule has 0 bridgehead atoms. The fourth-order valence-electron chi connectivity index (χ4n) is 2.61. The van der Waals surface area contributed by atoms with Gasteiger partial charge >= 0.3 is 0 Å². The lowest BCUT2D eigenvalue weighted by molar-refractivity contribution is 0.267. The van der Waals surface area contributed by atoms with Gasteiger partial charge in [0.05, 0.1) is 0 Å². The van der Waals surface area contributed by atoms with E-state index in [0.29, 0.717) is 0 Å². The van der Waals surface area contributed by atoms with E-state index < -0.39 is 0 Å². The van der Waals surface area contributed by atoms with E-state index in [9.17, 15) is 0 Å². The van der Waals surface area contributed by atoms with Gasteiger partial charge in [0.15, 0.2) is 0 Å². The van der Waals surface area contributed by atoms with Crippen molar-refractivity contribution in [3.05, 3.63) is 0 Å². The third-order valence-corrected chi connectivity index (χ3v) is 3.66. The molecule has 0 aliphatic carbocycles. The standard InChI is InChI=1S/C17H37N.ClH/c1-4-7-8-9-10-11-12-13-14-17-18(15-5-2)16-6-3;/h4-17H2,1-3H3;1H. The van der Waals surface area contributed by atoms with E-state index in [-0.39, 0.29) is 12.4 Å². The molecule has 0 aromatic carbocycles. The summed E-state index contributed by atoms with van der Waals surface area (Å²) in [5.74, 6) is 0. The molecule has 19 heavy (non-hydrogen) atoms. The van der Waals surface area contributed by atoms with Gasteiger partial charge in [-0.05, 0) is 38.9 Å². The number of rotatable bonds is 14. The monoisotopic (exact) mass is 291 g/mol. The second-order valence-electron chi connectivity index (χ2n) is 5.67. The van der Waals surface area contributed by atoms with Crippen molar-refractivity contribution in [2.24, 2.45) is 0 Å². The van der Waals surface area contributed by atoms with E-state index in [1.807, 2.05) is 0 Å². The number of nitrogens with zero attached hydrogens (tertiary/aromatic N) is 1. The molecular formula is C17H38ClN. The molecule has 118 valence electrons. The average molecular weight is 292 g/mol. The van der Waals surface area contributed by atoms with Gasteiger partial charge in [-0.2, -0.15) is 0 Å². The van der Waals surface area contributed by atoms with E-state index in [1.165, 1.54) is 90.3 Å². The van der Waals surface area contributed by atoms with E-state index in [4.69, 9.17) is 0 Å². The maximum Gasteiger partial charge on any atom is -0.00187 e. The van der Waals surface area contributed by atoms with Gasteiger partial charge in [-0.3, -0.25) is 0 Å². The molecule has 2 heteroatoms. The first-order valence-corrected chi connectivity index (χ1v) is 8.57. The summed E-state index contributed by atoms with van der Waals surface area (Å²) in [6.45, 7) is 10.8. The molecule has 0 spiro atoms. The number of hydrogen-bond acceptors (Lipinski definition) is 1. The van der Waals surface area contributed by atoms with E-state index in [1.54, 1.807) is 0 Å². The van der Waals surface area contributed by atoms with Crippen molar-refractivity contribution < 1.29 is 0 Å². The van der Waals surface area contributed by atoms with Crippen LogP contribution < -0.4 is 0 Å². The molecule has 0 aliphatic heterocycles. The molecule has 0 aliphatic rings. The number of hydrogen-bond donors (Lipinski definition) is 0. The maximum absolute atomic E-state index is 2.64. The molecule has 0 radical (unpaired) electrons. The van der Waals surface area contributed by atoms with Crippen LogP contribution in [0.15, 0.2) is 0 Å². The summed E-state index contributed by atoms with van der Waals surface area (Å²) in [6, 6.07) is 0. The lowest BCUT2D eigenvalue weighted by atomic mass is 10.1. The molecule has 1 nitrogen and oxygen atoms in total. The fraction of sp³-hybridized carbons (Fsp3) is 1.00. The van der Waals surface area contributed by atoms with Crippen molar-refractivity contribution >= 4 is 12.4 Å². The first-order chi connectivity index (χ1) is 8.85. The minimum Gasteiger partial charge on any atom is -0.303 e. The van der Waals surface area contributed by atoms with Crippen LogP contribution in [-0.2, 0) is 0 Å². The largest absolute Gasteiger partial charge is 0.303 e. The highest BCUT2D eigenvalue weighted by Gasteiger charge is 2.01. The molecule has 0 aromatic heterocycles. The summed E-state index contributed by atoms with van der Waals surface area (Å²) < 4.78 is 0. The average Bonchev–Trinajstić information content (AvgIpc) is 2.37. The van der Waals surface area contributed by atoms with Crippen LogP contribution >= 0.6 is 12.4 Å². The third kappa shape index (κ3) is 16.2. The molecule has 0 amide bonds. The Morgan fingerprint density at radius 1 is 0.474 bits per heavy atom. The van der Waals surface area contributed by atoms with Crippen molar-refractivity contribution in [3.63, 3.8) is 0 Å². The minimum atomic E-state index is 0. The molecule has 0 fully saturated rings. The van der Waals surface area contributed by atoms with E-state index >= 15 is 0 Å². The predicted octanol–water partition coefficient (Wildman–Crippen LogP) is 6.06. The predicted molar refractivity (Wildman–Crippen MR) is 91.5 cm³/mol. The highest BCUT2D eigenvalue weighted by Crippen LogP contribution is 2.10. The molecule has 0 N–H and O–H groups in total. The van der Waals surface area contributed by atoms with Crippen LogP contribution in [0.4, 0.5) is 0 Å². The molecule has 0 aromatic rings. The van der Waals surface area contributed by atoms with Crippen LogP contribution in [0, 0.1) is 0 Å². The van der Waals surface area contributed by atoms with Crippen LogP contribution in [0.3, 0.4) is 0 Å². The summed E-state index contributed by atoms with van der Waals surface area (Å²) in [7, 11) is 0. The molecule has 0 rings (SSSR count). The molecule has 0 unspecified atom stereocenters. The Labute approximate surface area is 128 Å². The summed E-state index contributed by atoms with van der Waals surface area (Å²) in [6.07, 6.45) is 15.6. The maximum atomic E-state index is 2.64. The molecular weight excluding hydrogens is 254 g/mol. The SMILES string of the molecule is CCCCCCCCCCCN(CCC)CCC.Cl. The van der Waals surface area contributed by atoms with Gasteiger partial charge in [0.1, 0.15) is 0 Å². The normalized spacial score (nSPS) is 10.7. The van der Waals surface area contributed by atoms with Crippen molar-refractivity contribution in [1.29, 1.82) is 0 Å². The van der Waals surface area contributed by atoms with Crippen molar-refractivity contribution in [2.75, 3.05) is 19.6 Å². The van der Waals surface area contributed by atoms with Gasteiger partial charge < -0.3 is 4.90 Å². The zero-order valence-electron chi connectivity index (χ0n) is 13.8. The zero-order chi connectivity index (χ0) is 13.5. The second kappa shape index (κ2) is 18.2. The van der Waals surface area contributed by atoms with Gasteiger partial charge in [-0.1, -0.05) is 72.1 Å². The third-order valence-electron chi connectivity index (χ3n) is 3.66. The lowest BCUT2D eigenvalue weighted by Gasteiger charge is -2.20. The molecule has 0 atom stereocenters. The van der Waals surface area contributed by atoms with Crippen LogP contribution in [0.1, 0.15) is 91.4 Å². The number of halogens is 1. The molecule has 0 saturated heterocycles. The van der Waals surface area contributed by atoms with Gasteiger partial charge in [0.2, 0.25) is 0 Å². The Balaban J connectivity index is 0. The van der Waals surface area contributed by atoms with Gasteiger partial charge in [-0.15, -0.1) is 12.4 Å². The van der Waals surface area contributed by atoms with Gasteiger partial charge in [0.25, 0.3) is 0 Å². The van der Waals surface area contributed by atoms with Crippen molar-refractivity contribution in [2.45, 2.75) is 91.4 Å². The van der Waals surface area contributed by atoms with Gasteiger partial charge in [0, 0.05) is 0 Å². The van der Waals surface area contributed by atoms with E-state index in [2.05, 4.69) is 25.7 Å². The quantitative estimate of drug-likeness (QED) is 0.352. The Morgan fingerprint density at radius 3 is 1.32 bits per heavy atom. The Hall–Kier alpha value is 0.250. The summed E-state index contributed by atoms with van der Waals surface area (Å²) in [5.41, 5.74) is 0. The highest BCUT2D eigenvalue weighted by atomic mass is 35.5. The van der Waals surface area contributed by atoms with Gasteiger partial charge in [-0.25, -0.2) is 0 Å². The minimum absolute atomic E-state index is 0. The smallest absolute Gasteiger partial charge is 0.00187 e. The van der Waals surface area contributed by atoms with Crippen molar-refractivity contribution in [3.8, 4) is 0 Å². The second-order valence-corrected chi connectivity index (χ2v) is 5.67. The zero-order valence-corrected chi connectivity index (χ0v) is 14.6. The van der Waals surface area contributed by atoms with Crippen LogP contribution in [0.25, 0.3) is 0 Å². The summed E-state index contributed by atoms with van der Waals surface area (Å²) in [5, 5.41) is 0. The highest BCUT2D eigenvalue weighted by molar-refractivity contribution is 5.85. The Morgan fingerprint density at radius 2 is 0.895 bits per heavy atom. The van der Waals surface area contributed by atoms with Crippen LogP contribution in [0.5, 0.6) is 0 Å². The summed E-state index contributed by atoms with van der Waals surface area (Å²) in [4.78, 5) is 2.64. The molecule has 0 heterocycles. The molecule has 0 saturated carbocycles. The van der Waals surface area contributed by atoms with E-state index in [0.717, 1.165) is 0 Å². The summed E-state index contributed by atoms with van der Waals surface area (Å²) >= 11 is 0. The fourth-order valence-corrected chi connectivity index (χ4v) is 2.61. The van der Waals surface area contributed by atoms with Crippen LogP contribution in [0.2, 0.25) is 0 Å². The lowest BCUT2D eigenvalue weighted by Crippen LogP contribution is -2.26. The Bertz CT molecular complexity index is 144. The first kappa shape index (κ1) is 21.5. The van der Waals surface area contributed by atoms with Crippen molar-refractivity contribution in [1.82, 2.24) is 4.90 Å². The topological polar surface area (TPSA) is 3.24 Å². The van der Waals surface area contributed by atoms with Crippen LogP contribution in [-0.4, -0.2) is 24.5 Å². The number of unbranched alkanes of at least 4 members (excludes halogenated alkanes) is 8. The Kier molecular flexibility index (Phi) is 20.7.